The smallest absolute Gasteiger partial charge is 0.423 e. The highest BCUT2D eigenvalue weighted by molar-refractivity contribution is 6.59. The Balaban J connectivity index is 2.86. The molecule has 0 saturated carbocycles. The minimum atomic E-state index is -1.62. The van der Waals surface area contributed by atoms with Crippen LogP contribution in [-0.4, -0.2) is 35.7 Å². The van der Waals surface area contributed by atoms with Gasteiger partial charge in [0, 0.05) is 6.54 Å². The van der Waals surface area contributed by atoms with E-state index in [1.54, 1.807) is 6.07 Å². The van der Waals surface area contributed by atoms with Gasteiger partial charge in [-0.15, -0.1) is 0 Å². The van der Waals surface area contributed by atoms with E-state index in [9.17, 15) is 4.39 Å². The van der Waals surface area contributed by atoms with Crippen LogP contribution in [-0.2, 0) is 6.54 Å². The van der Waals surface area contributed by atoms with Crippen molar-refractivity contribution in [1.29, 1.82) is 0 Å². The molecule has 0 spiro atoms. The van der Waals surface area contributed by atoms with Crippen LogP contribution in [0.4, 0.5) is 4.39 Å². The molecule has 0 aliphatic heterocycles. The maximum atomic E-state index is 13.0. The van der Waals surface area contributed by atoms with E-state index in [1.807, 2.05) is 7.05 Å². The number of hydrogen-bond acceptors (Lipinski definition) is 3. The lowest BCUT2D eigenvalue weighted by Gasteiger charge is -2.17. The van der Waals surface area contributed by atoms with Gasteiger partial charge < -0.3 is 14.9 Å². The van der Waals surface area contributed by atoms with Gasteiger partial charge in [-0.2, -0.15) is 0 Å². The lowest BCUT2D eigenvalue weighted by Crippen LogP contribution is -2.35. The van der Waals surface area contributed by atoms with Crippen molar-refractivity contribution in [3.05, 3.63) is 29.6 Å². The molecule has 0 aromatic heterocycles. The van der Waals surface area contributed by atoms with Gasteiger partial charge in [0.05, 0.1) is 0 Å². The summed E-state index contributed by atoms with van der Waals surface area (Å²) in [6.07, 6.45) is 1.02. The molecular formula is C11H17BFNO2. The maximum Gasteiger partial charge on any atom is 0.488 e. The maximum absolute atomic E-state index is 13.0. The van der Waals surface area contributed by atoms with Crippen LogP contribution in [0.1, 0.15) is 18.9 Å². The second-order valence-electron chi connectivity index (χ2n) is 3.95. The molecule has 0 heterocycles. The highest BCUT2D eigenvalue weighted by Gasteiger charge is 2.17. The fourth-order valence-corrected chi connectivity index (χ4v) is 1.70. The lowest BCUT2D eigenvalue weighted by molar-refractivity contribution is 0.327. The summed E-state index contributed by atoms with van der Waals surface area (Å²) in [5, 5.41) is 18.3. The first-order valence-corrected chi connectivity index (χ1v) is 5.37. The molecule has 0 saturated heterocycles. The van der Waals surface area contributed by atoms with Gasteiger partial charge in [0.15, 0.2) is 0 Å². The molecule has 1 aromatic carbocycles. The zero-order chi connectivity index (χ0) is 12.1. The first kappa shape index (κ1) is 13.2. The largest absolute Gasteiger partial charge is 0.488 e. The summed E-state index contributed by atoms with van der Waals surface area (Å²) in [6.45, 7) is 3.57. The number of halogens is 1. The predicted octanol–water partition coefficient (Wildman–Crippen LogP) is 0.347. The van der Waals surface area contributed by atoms with Gasteiger partial charge in [-0.1, -0.05) is 13.0 Å². The summed E-state index contributed by atoms with van der Waals surface area (Å²) >= 11 is 0. The summed E-state index contributed by atoms with van der Waals surface area (Å²) in [4.78, 5) is 2.05. The summed E-state index contributed by atoms with van der Waals surface area (Å²) in [5.74, 6) is -0.454. The SMILES string of the molecule is CCCN(C)Cc1ccc(F)cc1B(O)O. The van der Waals surface area contributed by atoms with E-state index < -0.39 is 12.9 Å². The molecule has 0 radical (unpaired) electrons. The normalized spacial score (nSPS) is 10.9. The topological polar surface area (TPSA) is 43.7 Å². The second kappa shape index (κ2) is 5.99. The molecule has 3 nitrogen and oxygen atoms in total. The Morgan fingerprint density at radius 2 is 2.06 bits per heavy atom. The van der Waals surface area contributed by atoms with Crippen LogP contribution in [0.5, 0.6) is 0 Å². The van der Waals surface area contributed by atoms with Gasteiger partial charge in [0.25, 0.3) is 0 Å². The van der Waals surface area contributed by atoms with E-state index in [-0.39, 0.29) is 5.46 Å². The number of rotatable bonds is 5. The Morgan fingerprint density at radius 1 is 1.38 bits per heavy atom. The van der Waals surface area contributed by atoms with E-state index in [1.165, 1.54) is 12.1 Å². The Bertz CT molecular complexity index is 347. The second-order valence-corrected chi connectivity index (χ2v) is 3.95. The monoisotopic (exact) mass is 225 g/mol. The molecule has 0 atom stereocenters. The van der Waals surface area contributed by atoms with Crippen molar-refractivity contribution in [1.82, 2.24) is 4.90 Å². The number of hydrogen-bond donors (Lipinski definition) is 2. The summed E-state index contributed by atoms with van der Waals surface area (Å²) in [6, 6.07) is 4.09. The van der Waals surface area contributed by atoms with Crippen LogP contribution in [0, 0.1) is 5.82 Å². The van der Waals surface area contributed by atoms with Crippen molar-refractivity contribution in [3.63, 3.8) is 0 Å². The van der Waals surface area contributed by atoms with E-state index in [2.05, 4.69) is 11.8 Å². The van der Waals surface area contributed by atoms with Crippen molar-refractivity contribution >= 4 is 12.6 Å². The predicted molar refractivity (Wildman–Crippen MR) is 62.9 cm³/mol. The number of benzene rings is 1. The molecular weight excluding hydrogens is 208 g/mol. The van der Waals surface area contributed by atoms with E-state index in [0.29, 0.717) is 6.54 Å². The van der Waals surface area contributed by atoms with Crippen molar-refractivity contribution in [2.45, 2.75) is 19.9 Å². The van der Waals surface area contributed by atoms with Crippen LogP contribution < -0.4 is 5.46 Å². The fourth-order valence-electron chi connectivity index (χ4n) is 1.70. The van der Waals surface area contributed by atoms with E-state index in [0.717, 1.165) is 18.5 Å². The van der Waals surface area contributed by atoms with Gasteiger partial charge in [-0.05, 0) is 43.2 Å². The minimum Gasteiger partial charge on any atom is -0.423 e. The van der Waals surface area contributed by atoms with Crippen molar-refractivity contribution in [2.75, 3.05) is 13.6 Å². The molecule has 1 aromatic rings. The highest BCUT2D eigenvalue weighted by Crippen LogP contribution is 2.04. The van der Waals surface area contributed by atoms with Crippen LogP contribution in [0.2, 0.25) is 0 Å². The third kappa shape index (κ3) is 3.59. The molecule has 0 fully saturated rings. The van der Waals surface area contributed by atoms with E-state index in [4.69, 9.17) is 10.0 Å². The Hall–Kier alpha value is -0.905. The highest BCUT2D eigenvalue weighted by atomic mass is 19.1. The third-order valence-corrected chi connectivity index (χ3v) is 2.43. The molecule has 0 bridgehead atoms. The van der Waals surface area contributed by atoms with Crippen molar-refractivity contribution < 1.29 is 14.4 Å². The van der Waals surface area contributed by atoms with E-state index >= 15 is 0 Å². The average Bonchev–Trinajstić information content (AvgIpc) is 2.20. The van der Waals surface area contributed by atoms with Crippen molar-refractivity contribution in [2.24, 2.45) is 0 Å². The zero-order valence-corrected chi connectivity index (χ0v) is 9.65. The van der Waals surface area contributed by atoms with Crippen LogP contribution in [0.25, 0.3) is 0 Å². The molecule has 0 aliphatic rings. The third-order valence-electron chi connectivity index (χ3n) is 2.43. The fraction of sp³-hybridized carbons (Fsp3) is 0.455. The van der Waals surface area contributed by atoms with Gasteiger partial charge >= 0.3 is 7.12 Å². The van der Waals surface area contributed by atoms with Gasteiger partial charge in [0.1, 0.15) is 5.82 Å². The zero-order valence-electron chi connectivity index (χ0n) is 9.65. The quantitative estimate of drug-likeness (QED) is 0.710. The summed E-state index contributed by atoms with van der Waals surface area (Å²) in [5.41, 5.74) is 0.982. The molecule has 88 valence electrons. The molecule has 2 N–H and O–H groups in total. The Kier molecular flexibility index (Phi) is 4.92. The van der Waals surface area contributed by atoms with Gasteiger partial charge in [0.2, 0.25) is 0 Å². The van der Waals surface area contributed by atoms with Gasteiger partial charge in [-0.25, -0.2) is 4.39 Å². The molecule has 16 heavy (non-hydrogen) atoms. The van der Waals surface area contributed by atoms with Crippen LogP contribution in [0.3, 0.4) is 0 Å². The molecule has 5 heteroatoms. The first-order chi connectivity index (χ1) is 7.54. The standard InChI is InChI=1S/C11H17BFNO2/c1-3-6-14(2)8-9-4-5-10(13)7-11(9)12(15)16/h4-5,7,15-16H,3,6,8H2,1-2H3. The first-order valence-electron chi connectivity index (χ1n) is 5.37. The molecule has 1 rings (SSSR count). The Labute approximate surface area is 95.7 Å². The molecule has 0 aliphatic carbocycles. The molecule has 0 unspecified atom stereocenters. The summed E-state index contributed by atoms with van der Waals surface area (Å²) < 4.78 is 13.0. The van der Waals surface area contributed by atoms with Crippen LogP contribution in [0.15, 0.2) is 18.2 Å². The van der Waals surface area contributed by atoms with Crippen molar-refractivity contribution in [3.8, 4) is 0 Å². The average molecular weight is 225 g/mol. The lowest BCUT2D eigenvalue weighted by atomic mass is 9.77. The van der Waals surface area contributed by atoms with Crippen LogP contribution >= 0.6 is 0 Å². The summed E-state index contributed by atoms with van der Waals surface area (Å²) in [7, 11) is 0.321. The number of nitrogens with zero attached hydrogens (tertiary/aromatic N) is 1. The molecule has 0 amide bonds. The van der Waals surface area contributed by atoms with Gasteiger partial charge in [-0.3, -0.25) is 0 Å². The Morgan fingerprint density at radius 3 is 2.62 bits per heavy atom. The minimum absolute atomic E-state index is 0.239.